The largest absolute Gasteiger partial charge is 0.494 e. The molecule has 0 aromatic heterocycles. The summed E-state index contributed by atoms with van der Waals surface area (Å²) in [7, 11) is 0. The first-order valence-electron chi connectivity index (χ1n) is 4.53. The summed E-state index contributed by atoms with van der Waals surface area (Å²) in [4.78, 5) is 11.2. The molecule has 1 atom stereocenters. The number of benzene rings is 1. The highest BCUT2D eigenvalue weighted by Crippen LogP contribution is 2.14. The van der Waals surface area contributed by atoms with Crippen LogP contribution in [0.1, 0.15) is 23.7 Å². The Morgan fingerprint density at radius 1 is 1.53 bits per heavy atom. The standard InChI is InChI=1S/C10H12O4S/c1-2-6-14-9-5-3-4-8(7-9)10(11)15(12)13/h3-5,7H,2,6H2,1H3,(H,12,13). The van der Waals surface area contributed by atoms with Gasteiger partial charge in [-0.25, -0.2) is 4.21 Å². The van der Waals surface area contributed by atoms with Crippen molar-refractivity contribution in [3.05, 3.63) is 29.8 Å². The molecule has 5 heteroatoms. The summed E-state index contributed by atoms with van der Waals surface area (Å²) in [5.74, 6) is 0.535. The molecule has 82 valence electrons. The first kappa shape index (κ1) is 11.9. The van der Waals surface area contributed by atoms with Crippen molar-refractivity contribution in [3.8, 4) is 5.75 Å². The molecule has 0 bridgehead atoms. The summed E-state index contributed by atoms with van der Waals surface area (Å²) in [5, 5.41) is -0.808. The molecule has 0 radical (unpaired) electrons. The van der Waals surface area contributed by atoms with Gasteiger partial charge >= 0.3 is 0 Å². The highest BCUT2D eigenvalue weighted by atomic mass is 32.2. The second-order valence-electron chi connectivity index (χ2n) is 2.91. The Morgan fingerprint density at radius 3 is 2.87 bits per heavy atom. The number of carbonyl (C=O) groups is 1. The maximum Gasteiger partial charge on any atom is 0.276 e. The normalized spacial score (nSPS) is 12.1. The third-order valence-electron chi connectivity index (χ3n) is 1.70. The minimum atomic E-state index is -2.47. The maximum absolute atomic E-state index is 11.2. The number of hydrogen-bond acceptors (Lipinski definition) is 3. The van der Waals surface area contributed by atoms with Crippen molar-refractivity contribution in [1.82, 2.24) is 0 Å². The summed E-state index contributed by atoms with van der Waals surface area (Å²) in [6, 6.07) is 6.26. The molecule has 0 aliphatic rings. The van der Waals surface area contributed by atoms with Gasteiger partial charge in [0.25, 0.3) is 5.12 Å². The third-order valence-corrected chi connectivity index (χ3v) is 2.25. The van der Waals surface area contributed by atoms with Crippen LogP contribution in [0.15, 0.2) is 24.3 Å². The molecule has 0 aliphatic heterocycles. The molecule has 0 amide bonds. The fourth-order valence-electron chi connectivity index (χ4n) is 1.03. The lowest BCUT2D eigenvalue weighted by molar-refractivity contribution is 0.107. The van der Waals surface area contributed by atoms with Gasteiger partial charge in [-0.2, -0.15) is 0 Å². The minimum Gasteiger partial charge on any atom is -0.494 e. The Balaban J connectivity index is 2.82. The molecular formula is C10H12O4S. The second-order valence-corrected chi connectivity index (χ2v) is 3.78. The van der Waals surface area contributed by atoms with Crippen molar-refractivity contribution >= 4 is 16.2 Å². The Morgan fingerprint density at radius 2 is 2.27 bits per heavy atom. The van der Waals surface area contributed by atoms with Crippen molar-refractivity contribution in [3.63, 3.8) is 0 Å². The van der Waals surface area contributed by atoms with Gasteiger partial charge in [-0.1, -0.05) is 19.1 Å². The van der Waals surface area contributed by atoms with E-state index in [9.17, 15) is 9.00 Å². The highest BCUT2D eigenvalue weighted by molar-refractivity contribution is 7.95. The molecule has 0 saturated heterocycles. The Labute approximate surface area is 90.5 Å². The van der Waals surface area contributed by atoms with E-state index in [2.05, 4.69) is 0 Å². The third kappa shape index (κ3) is 3.45. The zero-order chi connectivity index (χ0) is 11.3. The molecule has 4 nitrogen and oxygen atoms in total. The van der Waals surface area contributed by atoms with Crippen LogP contribution in [0.3, 0.4) is 0 Å². The van der Waals surface area contributed by atoms with Gasteiger partial charge < -0.3 is 4.74 Å². The van der Waals surface area contributed by atoms with E-state index in [0.717, 1.165) is 6.42 Å². The van der Waals surface area contributed by atoms with E-state index in [0.29, 0.717) is 12.4 Å². The van der Waals surface area contributed by atoms with Gasteiger partial charge in [0.1, 0.15) is 5.75 Å². The number of carbonyl (C=O) groups excluding carboxylic acids is 1. The average Bonchev–Trinajstić information content (AvgIpc) is 2.25. The van der Waals surface area contributed by atoms with Gasteiger partial charge in [0.15, 0.2) is 0 Å². The average molecular weight is 228 g/mol. The monoisotopic (exact) mass is 228 g/mol. The molecule has 0 heterocycles. The first-order valence-corrected chi connectivity index (χ1v) is 5.64. The molecule has 1 rings (SSSR count). The van der Waals surface area contributed by atoms with E-state index in [4.69, 9.17) is 9.29 Å². The van der Waals surface area contributed by atoms with E-state index >= 15 is 0 Å². The Kier molecular flexibility index (Phi) is 4.45. The van der Waals surface area contributed by atoms with Gasteiger partial charge in [0, 0.05) is 5.56 Å². The van der Waals surface area contributed by atoms with Crippen LogP contribution in [0, 0.1) is 0 Å². The zero-order valence-corrected chi connectivity index (χ0v) is 9.12. The Bertz CT molecular complexity index is 375. The van der Waals surface area contributed by atoms with Gasteiger partial charge in [-0.15, -0.1) is 0 Å². The van der Waals surface area contributed by atoms with Crippen LogP contribution >= 0.6 is 0 Å². The summed E-state index contributed by atoms with van der Waals surface area (Å²) in [5.41, 5.74) is 0.185. The predicted octanol–water partition coefficient (Wildman–Crippen LogP) is 1.84. The lowest BCUT2D eigenvalue weighted by atomic mass is 10.2. The summed E-state index contributed by atoms with van der Waals surface area (Å²) < 4.78 is 24.5. The van der Waals surface area contributed by atoms with Crippen molar-refractivity contribution in [2.45, 2.75) is 13.3 Å². The summed E-state index contributed by atoms with van der Waals surface area (Å²) in [6.07, 6.45) is 0.865. The highest BCUT2D eigenvalue weighted by Gasteiger charge is 2.12. The van der Waals surface area contributed by atoms with E-state index in [1.165, 1.54) is 12.1 Å². The topological polar surface area (TPSA) is 63.6 Å². The zero-order valence-electron chi connectivity index (χ0n) is 8.30. The maximum atomic E-state index is 11.2. The molecule has 0 fully saturated rings. The van der Waals surface area contributed by atoms with Crippen molar-refractivity contribution in [1.29, 1.82) is 0 Å². The van der Waals surface area contributed by atoms with Crippen molar-refractivity contribution in [2.75, 3.05) is 6.61 Å². The van der Waals surface area contributed by atoms with E-state index in [1.54, 1.807) is 12.1 Å². The lowest BCUT2D eigenvalue weighted by Gasteiger charge is -2.04. The molecule has 1 aromatic carbocycles. The predicted molar refractivity (Wildman–Crippen MR) is 57.3 cm³/mol. The fourth-order valence-corrected chi connectivity index (χ4v) is 1.36. The van der Waals surface area contributed by atoms with Crippen LogP contribution in [0.4, 0.5) is 0 Å². The van der Waals surface area contributed by atoms with Crippen molar-refractivity contribution < 1.29 is 18.3 Å². The van der Waals surface area contributed by atoms with Gasteiger partial charge in [-0.05, 0) is 18.6 Å². The van der Waals surface area contributed by atoms with E-state index in [-0.39, 0.29) is 5.56 Å². The smallest absolute Gasteiger partial charge is 0.276 e. The number of rotatable bonds is 4. The molecule has 1 unspecified atom stereocenters. The van der Waals surface area contributed by atoms with Crippen LogP contribution in [0.2, 0.25) is 0 Å². The Hall–Kier alpha value is -1.20. The van der Waals surface area contributed by atoms with Crippen LogP contribution in [-0.4, -0.2) is 20.5 Å². The van der Waals surface area contributed by atoms with Gasteiger partial charge in [0.2, 0.25) is 11.1 Å². The second kappa shape index (κ2) is 5.63. The molecule has 0 spiro atoms. The fraction of sp³-hybridized carbons (Fsp3) is 0.300. The number of ether oxygens (including phenoxy) is 1. The van der Waals surface area contributed by atoms with E-state index < -0.39 is 16.2 Å². The van der Waals surface area contributed by atoms with Crippen LogP contribution in [0.5, 0.6) is 5.75 Å². The molecule has 0 saturated carbocycles. The summed E-state index contributed by atoms with van der Waals surface area (Å²) in [6.45, 7) is 2.53. The molecule has 0 aliphatic carbocycles. The molecule has 1 N–H and O–H groups in total. The SMILES string of the molecule is CCCOc1cccc(C(=O)S(=O)O)c1. The molecular weight excluding hydrogens is 216 g/mol. The van der Waals surface area contributed by atoms with Crippen LogP contribution in [-0.2, 0) is 11.1 Å². The molecule has 15 heavy (non-hydrogen) atoms. The number of hydrogen-bond donors (Lipinski definition) is 1. The van der Waals surface area contributed by atoms with Gasteiger partial charge in [-0.3, -0.25) is 9.35 Å². The summed E-state index contributed by atoms with van der Waals surface area (Å²) >= 11 is -2.47. The van der Waals surface area contributed by atoms with Gasteiger partial charge in [0.05, 0.1) is 6.61 Å². The first-order chi connectivity index (χ1) is 7.15. The van der Waals surface area contributed by atoms with Crippen molar-refractivity contribution in [2.24, 2.45) is 0 Å². The quantitative estimate of drug-likeness (QED) is 0.799. The lowest BCUT2D eigenvalue weighted by Crippen LogP contribution is -2.06. The van der Waals surface area contributed by atoms with Crippen LogP contribution in [0.25, 0.3) is 0 Å². The van der Waals surface area contributed by atoms with Crippen LogP contribution < -0.4 is 4.74 Å². The van der Waals surface area contributed by atoms with E-state index in [1.807, 2.05) is 6.92 Å². The molecule has 1 aromatic rings. The minimum absolute atomic E-state index is 0.185.